The third kappa shape index (κ3) is 6.93. The number of hydrogen-bond donors (Lipinski definition) is 2. The van der Waals surface area contributed by atoms with Gasteiger partial charge in [0, 0.05) is 19.6 Å². The molecule has 1 unspecified atom stereocenters. The molecular weight excluding hydrogens is 328 g/mol. The Hall–Kier alpha value is -0.860. The Kier molecular flexibility index (Phi) is 8.13. The number of sulfonamides is 1. The zero-order chi connectivity index (χ0) is 15.1. The van der Waals surface area contributed by atoms with Crippen LogP contribution < -0.4 is 14.8 Å². The van der Waals surface area contributed by atoms with E-state index < -0.39 is 10.0 Å². The highest BCUT2D eigenvalue weighted by Gasteiger charge is 2.17. The molecule has 0 bridgehead atoms. The van der Waals surface area contributed by atoms with Crippen molar-refractivity contribution in [3.63, 3.8) is 0 Å². The van der Waals surface area contributed by atoms with Gasteiger partial charge in [0.25, 0.3) is 0 Å². The Morgan fingerprint density at radius 2 is 2.09 bits per heavy atom. The summed E-state index contributed by atoms with van der Waals surface area (Å²) in [6.45, 7) is 4.50. The minimum Gasteiger partial charge on any atom is -0.492 e. The molecule has 22 heavy (non-hydrogen) atoms. The second-order valence-electron chi connectivity index (χ2n) is 5.03. The van der Waals surface area contributed by atoms with Gasteiger partial charge in [0.1, 0.15) is 12.4 Å². The van der Waals surface area contributed by atoms with Crippen molar-refractivity contribution in [2.45, 2.75) is 13.0 Å². The molecule has 1 atom stereocenters. The summed E-state index contributed by atoms with van der Waals surface area (Å²) < 4.78 is 37.1. The Morgan fingerprint density at radius 1 is 1.36 bits per heavy atom. The smallest absolute Gasteiger partial charge is 0.215 e. The van der Waals surface area contributed by atoms with E-state index in [1.54, 1.807) is 0 Å². The number of morpholine rings is 1. The van der Waals surface area contributed by atoms with Gasteiger partial charge < -0.3 is 14.8 Å². The van der Waals surface area contributed by atoms with E-state index in [0.717, 1.165) is 12.1 Å². The third-order valence-electron chi connectivity index (χ3n) is 3.18. The lowest BCUT2D eigenvalue weighted by Gasteiger charge is -2.23. The molecule has 0 saturated carbocycles. The van der Waals surface area contributed by atoms with Crippen molar-refractivity contribution in [3.05, 3.63) is 29.8 Å². The summed E-state index contributed by atoms with van der Waals surface area (Å²) >= 11 is 0. The fourth-order valence-corrected chi connectivity index (χ4v) is 2.83. The Bertz CT molecular complexity index is 530. The predicted octanol–water partition coefficient (Wildman–Crippen LogP) is 0.703. The number of aryl methyl sites for hydroxylation is 1. The summed E-state index contributed by atoms with van der Waals surface area (Å²) in [6.07, 6.45) is -0.105. The summed E-state index contributed by atoms with van der Waals surface area (Å²) in [4.78, 5) is 0. The molecule has 0 amide bonds. The lowest BCUT2D eigenvalue weighted by molar-refractivity contribution is 0.0324. The van der Waals surface area contributed by atoms with Crippen molar-refractivity contribution in [1.82, 2.24) is 10.0 Å². The number of ether oxygens (including phenoxy) is 2. The van der Waals surface area contributed by atoms with Gasteiger partial charge in [-0.1, -0.05) is 17.7 Å². The number of hydrogen-bond acceptors (Lipinski definition) is 5. The highest BCUT2D eigenvalue weighted by Crippen LogP contribution is 2.11. The average Bonchev–Trinajstić information content (AvgIpc) is 2.48. The maximum atomic E-state index is 11.9. The monoisotopic (exact) mass is 350 g/mol. The first-order chi connectivity index (χ1) is 10.1. The first-order valence-corrected chi connectivity index (χ1v) is 8.69. The highest BCUT2D eigenvalue weighted by atomic mass is 35.5. The maximum Gasteiger partial charge on any atom is 0.215 e. The van der Waals surface area contributed by atoms with Crippen LogP contribution >= 0.6 is 12.4 Å². The van der Waals surface area contributed by atoms with Gasteiger partial charge in [-0.25, -0.2) is 13.1 Å². The van der Waals surface area contributed by atoms with Crippen LogP contribution in [0.2, 0.25) is 0 Å². The molecule has 2 N–H and O–H groups in total. The van der Waals surface area contributed by atoms with Crippen LogP contribution in [0.4, 0.5) is 0 Å². The Labute approximate surface area is 138 Å². The van der Waals surface area contributed by atoms with E-state index in [0.29, 0.717) is 25.4 Å². The zero-order valence-corrected chi connectivity index (χ0v) is 14.2. The van der Waals surface area contributed by atoms with Gasteiger partial charge in [0.15, 0.2) is 0 Å². The first-order valence-electron chi connectivity index (χ1n) is 7.04. The molecule has 1 aliphatic rings. The quantitative estimate of drug-likeness (QED) is 0.757. The predicted molar refractivity (Wildman–Crippen MR) is 88.3 cm³/mol. The van der Waals surface area contributed by atoms with Crippen molar-refractivity contribution in [3.8, 4) is 5.75 Å². The summed E-state index contributed by atoms with van der Waals surface area (Å²) in [5.74, 6) is 0.608. The van der Waals surface area contributed by atoms with Crippen LogP contribution in [0.1, 0.15) is 5.56 Å². The molecular formula is C14H23ClN2O4S. The summed E-state index contributed by atoms with van der Waals surface area (Å²) in [5, 5.41) is 3.16. The van der Waals surface area contributed by atoms with Gasteiger partial charge >= 0.3 is 0 Å². The Balaban J connectivity index is 0.00000242. The van der Waals surface area contributed by atoms with E-state index in [4.69, 9.17) is 9.47 Å². The highest BCUT2D eigenvalue weighted by molar-refractivity contribution is 7.89. The van der Waals surface area contributed by atoms with Gasteiger partial charge in [0.2, 0.25) is 10.0 Å². The zero-order valence-electron chi connectivity index (χ0n) is 12.6. The summed E-state index contributed by atoms with van der Waals surface area (Å²) in [5.41, 5.74) is 1.14. The minimum absolute atomic E-state index is 0. The second-order valence-corrected chi connectivity index (χ2v) is 6.95. The minimum atomic E-state index is -3.34. The molecule has 1 aromatic rings. The summed E-state index contributed by atoms with van der Waals surface area (Å²) in [7, 11) is -3.34. The molecule has 0 aliphatic carbocycles. The normalized spacial score (nSPS) is 18.5. The second kappa shape index (κ2) is 9.32. The van der Waals surface area contributed by atoms with Crippen molar-refractivity contribution in [1.29, 1.82) is 0 Å². The molecule has 1 saturated heterocycles. The lowest BCUT2D eigenvalue weighted by Crippen LogP contribution is -2.45. The van der Waals surface area contributed by atoms with Crippen molar-refractivity contribution in [2.24, 2.45) is 0 Å². The van der Waals surface area contributed by atoms with Crippen molar-refractivity contribution < 1.29 is 17.9 Å². The number of nitrogens with one attached hydrogen (secondary N) is 2. The van der Waals surface area contributed by atoms with E-state index in [2.05, 4.69) is 10.0 Å². The van der Waals surface area contributed by atoms with Crippen molar-refractivity contribution in [2.75, 3.05) is 38.6 Å². The van der Waals surface area contributed by atoms with Crippen molar-refractivity contribution >= 4 is 22.4 Å². The number of rotatable bonds is 7. The Morgan fingerprint density at radius 3 is 2.73 bits per heavy atom. The standard InChI is InChI=1S/C14H22N2O4S.ClH/c1-12-2-4-13(5-3-12)20-8-9-21(17,18)16-11-14-10-15-6-7-19-14;/h2-5,14-16H,6-11H2,1H3;1H. The molecule has 0 spiro atoms. The molecule has 126 valence electrons. The van der Waals surface area contributed by atoms with Gasteiger partial charge in [-0.15, -0.1) is 12.4 Å². The average molecular weight is 351 g/mol. The van der Waals surface area contributed by atoms with E-state index >= 15 is 0 Å². The van der Waals surface area contributed by atoms with Gasteiger partial charge in [-0.2, -0.15) is 0 Å². The van der Waals surface area contributed by atoms with E-state index in [1.165, 1.54) is 0 Å². The fraction of sp³-hybridized carbons (Fsp3) is 0.571. The molecule has 2 rings (SSSR count). The van der Waals surface area contributed by atoms with Crippen LogP contribution in [0.3, 0.4) is 0 Å². The lowest BCUT2D eigenvalue weighted by atomic mass is 10.2. The molecule has 0 radical (unpaired) electrons. The van der Waals surface area contributed by atoms with E-state index in [1.807, 2.05) is 31.2 Å². The van der Waals surface area contributed by atoms with Gasteiger partial charge in [0.05, 0.1) is 18.5 Å². The van der Waals surface area contributed by atoms with Gasteiger partial charge in [-0.3, -0.25) is 0 Å². The van der Waals surface area contributed by atoms with Crippen LogP contribution in [0.5, 0.6) is 5.75 Å². The van der Waals surface area contributed by atoms with Crippen LogP contribution in [-0.4, -0.2) is 53.1 Å². The first kappa shape index (κ1) is 19.2. The molecule has 6 nitrogen and oxygen atoms in total. The van der Waals surface area contributed by atoms with Crippen LogP contribution in [0.25, 0.3) is 0 Å². The third-order valence-corrected chi connectivity index (χ3v) is 4.49. The molecule has 1 aromatic carbocycles. The topological polar surface area (TPSA) is 76.7 Å². The largest absolute Gasteiger partial charge is 0.492 e. The van der Waals surface area contributed by atoms with Gasteiger partial charge in [-0.05, 0) is 19.1 Å². The fourth-order valence-electron chi connectivity index (χ4n) is 1.95. The van der Waals surface area contributed by atoms with Crippen LogP contribution in [-0.2, 0) is 14.8 Å². The SMILES string of the molecule is Cc1ccc(OCCS(=O)(=O)NCC2CNCCO2)cc1.Cl. The number of benzene rings is 1. The molecule has 8 heteroatoms. The van der Waals surface area contributed by atoms with E-state index in [9.17, 15) is 8.42 Å². The van der Waals surface area contributed by atoms with E-state index in [-0.39, 0.29) is 30.9 Å². The number of halogens is 1. The molecule has 1 aliphatic heterocycles. The van der Waals surface area contributed by atoms with Crippen LogP contribution in [0, 0.1) is 6.92 Å². The summed E-state index contributed by atoms with van der Waals surface area (Å²) in [6, 6.07) is 7.51. The van der Waals surface area contributed by atoms with Crippen LogP contribution in [0.15, 0.2) is 24.3 Å². The molecule has 0 aromatic heterocycles. The molecule has 1 fully saturated rings. The maximum absolute atomic E-state index is 11.9. The molecule has 1 heterocycles.